The average molecular weight is 387 g/mol. The molecule has 1 aliphatic rings. The van der Waals surface area contributed by atoms with Crippen LogP contribution in [0.5, 0.6) is 0 Å². The molecule has 0 atom stereocenters. The number of nitrogens with one attached hydrogen (secondary N) is 2. The second-order valence-corrected chi connectivity index (χ2v) is 8.77. The lowest BCUT2D eigenvalue weighted by atomic mass is 10.1. The Morgan fingerprint density at radius 1 is 1.11 bits per heavy atom. The van der Waals surface area contributed by atoms with Crippen molar-refractivity contribution in [2.75, 3.05) is 11.3 Å². The van der Waals surface area contributed by atoms with Crippen LogP contribution in [0.2, 0.25) is 0 Å². The fourth-order valence-corrected chi connectivity index (χ4v) is 3.90. The number of sulfonamides is 1. The molecule has 0 aliphatic heterocycles. The zero-order valence-electron chi connectivity index (χ0n) is 15.6. The van der Waals surface area contributed by atoms with Crippen LogP contribution >= 0.6 is 0 Å². The molecule has 1 amide bonds. The highest BCUT2D eigenvalue weighted by molar-refractivity contribution is 7.92. The predicted molar refractivity (Wildman–Crippen MR) is 107 cm³/mol. The lowest BCUT2D eigenvalue weighted by molar-refractivity contribution is 0.0951. The molecule has 2 N–H and O–H groups in total. The van der Waals surface area contributed by atoms with Gasteiger partial charge in [-0.2, -0.15) is 0 Å². The van der Waals surface area contributed by atoms with E-state index in [2.05, 4.69) is 17.0 Å². The monoisotopic (exact) mass is 386 g/mol. The molecule has 3 rings (SSSR count). The Labute approximate surface area is 161 Å². The summed E-state index contributed by atoms with van der Waals surface area (Å²) in [5, 5.41) is 2.86. The summed E-state index contributed by atoms with van der Waals surface area (Å²) in [7, 11) is -3.75. The molecule has 2 aromatic carbocycles. The highest BCUT2D eigenvalue weighted by atomic mass is 32.2. The number of anilines is 1. The molecule has 0 radical (unpaired) electrons. The molecule has 1 aliphatic carbocycles. The SMILES string of the molecule is CCCCc1ccc(NS(=O)(=O)c2cccc(C(=O)NCC3CC3)c2)cc1. The Kier molecular flexibility index (Phi) is 6.16. The first-order chi connectivity index (χ1) is 13.0. The molecule has 0 bridgehead atoms. The van der Waals surface area contributed by atoms with Crippen LogP contribution in [-0.4, -0.2) is 20.9 Å². The molecule has 0 unspecified atom stereocenters. The van der Waals surface area contributed by atoms with Crippen molar-refractivity contribution in [1.29, 1.82) is 0 Å². The highest BCUT2D eigenvalue weighted by Gasteiger charge is 2.22. The molecule has 2 aromatic rings. The number of benzene rings is 2. The van der Waals surface area contributed by atoms with E-state index in [1.54, 1.807) is 24.3 Å². The predicted octanol–water partition coefficient (Wildman–Crippen LogP) is 3.97. The van der Waals surface area contributed by atoms with E-state index in [4.69, 9.17) is 0 Å². The maximum Gasteiger partial charge on any atom is 0.261 e. The van der Waals surface area contributed by atoms with Gasteiger partial charge in [0.05, 0.1) is 4.90 Å². The van der Waals surface area contributed by atoms with Gasteiger partial charge in [0.2, 0.25) is 0 Å². The Morgan fingerprint density at radius 2 is 1.85 bits per heavy atom. The summed E-state index contributed by atoms with van der Waals surface area (Å²) in [6.45, 7) is 2.79. The van der Waals surface area contributed by atoms with Crippen LogP contribution in [0.4, 0.5) is 5.69 Å². The minimum absolute atomic E-state index is 0.0802. The first-order valence-corrected chi connectivity index (χ1v) is 11.0. The first-order valence-electron chi connectivity index (χ1n) is 9.48. The van der Waals surface area contributed by atoms with Crippen LogP contribution in [0.3, 0.4) is 0 Å². The normalized spacial score (nSPS) is 14.0. The van der Waals surface area contributed by atoms with Crippen molar-refractivity contribution in [3.63, 3.8) is 0 Å². The fourth-order valence-electron chi connectivity index (χ4n) is 2.80. The van der Waals surface area contributed by atoms with E-state index in [1.165, 1.54) is 17.7 Å². The van der Waals surface area contributed by atoms with Gasteiger partial charge < -0.3 is 5.32 Å². The Hall–Kier alpha value is -2.34. The quantitative estimate of drug-likeness (QED) is 0.685. The first kappa shape index (κ1) is 19.4. The largest absolute Gasteiger partial charge is 0.352 e. The number of aryl methyl sites for hydroxylation is 1. The van der Waals surface area contributed by atoms with Crippen LogP contribution in [0, 0.1) is 5.92 Å². The maximum atomic E-state index is 12.7. The van der Waals surface area contributed by atoms with Gasteiger partial charge in [-0.15, -0.1) is 0 Å². The molecule has 0 saturated heterocycles. The lowest BCUT2D eigenvalue weighted by Gasteiger charge is -2.10. The molecule has 0 aromatic heterocycles. The minimum atomic E-state index is -3.75. The van der Waals surface area contributed by atoms with Crippen LogP contribution in [0.1, 0.15) is 48.5 Å². The Bertz CT molecular complexity index is 888. The van der Waals surface area contributed by atoms with Gasteiger partial charge in [0.1, 0.15) is 0 Å². The van der Waals surface area contributed by atoms with E-state index in [0.717, 1.165) is 32.1 Å². The second-order valence-electron chi connectivity index (χ2n) is 7.09. The summed E-state index contributed by atoms with van der Waals surface area (Å²) in [6, 6.07) is 13.6. The molecule has 6 heteroatoms. The molecular formula is C21H26N2O3S. The summed E-state index contributed by atoms with van der Waals surface area (Å²) in [6.07, 6.45) is 5.52. The van der Waals surface area contributed by atoms with Gasteiger partial charge in [-0.25, -0.2) is 8.42 Å². The van der Waals surface area contributed by atoms with Gasteiger partial charge in [-0.05, 0) is 67.5 Å². The van der Waals surface area contributed by atoms with Gasteiger partial charge >= 0.3 is 0 Å². The van der Waals surface area contributed by atoms with E-state index in [9.17, 15) is 13.2 Å². The van der Waals surface area contributed by atoms with E-state index in [-0.39, 0.29) is 10.8 Å². The average Bonchev–Trinajstić information content (AvgIpc) is 3.50. The molecule has 0 heterocycles. The fraction of sp³-hybridized carbons (Fsp3) is 0.381. The number of hydrogen-bond acceptors (Lipinski definition) is 3. The van der Waals surface area contributed by atoms with Gasteiger partial charge in [-0.1, -0.05) is 31.5 Å². The number of carbonyl (C=O) groups excluding carboxylic acids is 1. The van der Waals surface area contributed by atoms with Crippen molar-refractivity contribution in [3.05, 3.63) is 59.7 Å². The minimum Gasteiger partial charge on any atom is -0.352 e. The standard InChI is InChI=1S/C21H26N2O3S/c1-2-3-5-16-10-12-19(13-11-16)23-27(25,26)20-7-4-6-18(14-20)21(24)22-15-17-8-9-17/h4,6-7,10-14,17,23H,2-3,5,8-9,15H2,1H3,(H,22,24). The highest BCUT2D eigenvalue weighted by Crippen LogP contribution is 2.27. The topological polar surface area (TPSA) is 75.3 Å². The molecule has 27 heavy (non-hydrogen) atoms. The van der Waals surface area contributed by atoms with E-state index in [1.807, 2.05) is 12.1 Å². The van der Waals surface area contributed by atoms with E-state index >= 15 is 0 Å². The van der Waals surface area contributed by atoms with Crippen LogP contribution in [-0.2, 0) is 16.4 Å². The zero-order valence-corrected chi connectivity index (χ0v) is 16.4. The van der Waals surface area contributed by atoms with Crippen LogP contribution in [0.15, 0.2) is 53.4 Å². The van der Waals surface area contributed by atoms with E-state index < -0.39 is 10.0 Å². The van der Waals surface area contributed by atoms with Crippen molar-refractivity contribution in [3.8, 4) is 0 Å². The lowest BCUT2D eigenvalue weighted by Crippen LogP contribution is -2.25. The molecule has 144 valence electrons. The third kappa shape index (κ3) is 5.57. The van der Waals surface area contributed by atoms with Gasteiger partial charge in [0.15, 0.2) is 0 Å². The van der Waals surface area contributed by atoms with Crippen molar-refractivity contribution in [2.24, 2.45) is 5.92 Å². The summed E-state index contributed by atoms with van der Waals surface area (Å²) < 4.78 is 27.9. The molecular weight excluding hydrogens is 360 g/mol. The number of hydrogen-bond donors (Lipinski definition) is 2. The third-order valence-electron chi connectivity index (χ3n) is 4.68. The summed E-state index contributed by atoms with van der Waals surface area (Å²) in [5.74, 6) is 0.335. The molecule has 5 nitrogen and oxygen atoms in total. The van der Waals surface area contributed by atoms with Crippen LogP contribution < -0.4 is 10.0 Å². The van der Waals surface area contributed by atoms with Gasteiger partial charge in [0.25, 0.3) is 15.9 Å². The van der Waals surface area contributed by atoms with Gasteiger partial charge in [0, 0.05) is 17.8 Å². The number of rotatable bonds is 9. The number of unbranched alkanes of at least 4 members (excludes halogenated alkanes) is 1. The molecule has 1 fully saturated rings. The summed E-state index contributed by atoms with van der Waals surface area (Å²) in [4.78, 5) is 12.3. The van der Waals surface area contributed by atoms with Crippen molar-refractivity contribution in [2.45, 2.75) is 43.9 Å². The van der Waals surface area contributed by atoms with Crippen molar-refractivity contribution in [1.82, 2.24) is 5.32 Å². The maximum absolute atomic E-state index is 12.7. The number of carbonyl (C=O) groups is 1. The summed E-state index contributed by atoms with van der Waals surface area (Å²) in [5.41, 5.74) is 2.06. The molecule has 1 saturated carbocycles. The smallest absolute Gasteiger partial charge is 0.261 e. The summed E-state index contributed by atoms with van der Waals surface area (Å²) >= 11 is 0. The van der Waals surface area contributed by atoms with E-state index in [0.29, 0.717) is 23.7 Å². The Balaban J connectivity index is 1.68. The van der Waals surface area contributed by atoms with Gasteiger partial charge in [-0.3, -0.25) is 9.52 Å². The van der Waals surface area contributed by atoms with Crippen molar-refractivity contribution < 1.29 is 13.2 Å². The second kappa shape index (κ2) is 8.57. The Morgan fingerprint density at radius 3 is 2.52 bits per heavy atom. The van der Waals surface area contributed by atoms with Crippen molar-refractivity contribution >= 4 is 21.6 Å². The molecule has 0 spiro atoms. The third-order valence-corrected chi connectivity index (χ3v) is 6.06. The number of amides is 1. The van der Waals surface area contributed by atoms with Crippen LogP contribution in [0.25, 0.3) is 0 Å². The zero-order chi connectivity index (χ0) is 19.3.